The number of hydrogen-bond acceptors (Lipinski definition) is 5. The Balaban J connectivity index is 2.13. The van der Waals surface area contributed by atoms with Gasteiger partial charge in [-0.25, -0.2) is 9.78 Å². The summed E-state index contributed by atoms with van der Waals surface area (Å²) in [5.74, 6) is 1.17. The first-order valence-electron chi connectivity index (χ1n) is 7.44. The molecule has 122 valence electrons. The van der Waals surface area contributed by atoms with Crippen LogP contribution in [0.3, 0.4) is 0 Å². The maximum absolute atomic E-state index is 12.0. The van der Waals surface area contributed by atoms with E-state index >= 15 is 0 Å². The molecule has 2 aromatic carbocycles. The normalized spacial score (nSPS) is 10.8. The van der Waals surface area contributed by atoms with Crippen molar-refractivity contribution in [1.29, 1.82) is 0 Å². The number of hydrogen-bond donors (Lipinski definition) is 0. The molecule has 0 saturated carbocycles. The summed E-state index contributed by atoms with van der Waals surface area (Å²) in [5.41, 5.74) is 3.38. The highest BCUT2D eigenvalue weighted by Crippen LogP contribution is 2.36. The summed E-state index contributed by atoms with van der Waals surface area (Å²) in [5, 5.41) is 0. The first-order valence-corrected chi connectivity index (χ1v) is 8.84. The maximum Gasteiger partial charge on any atom is 0.338 e. The Morgan fingerprint density at radius 1 is 1.25 bits per heavy atom. The van der Waals surface area contributed by atoms with Crippen molar-refractivity contribution >= 4 is 28.8 Å². The molecular weight excluding hydrogens is 322 g/mol. The van der Waals surface area contributed by atoms with E-state index in [1.54, 1.807) is 18.7 Å². The van der Waals surface area contributed by atoms with Crippen molar-refractivity contribution in [3.63, 3.8) is 0 Å². The highest BCUT2D eigenvalue weighted by Gasteiger charge is 2.19. The smallest absolute Gasteiger partial charge is 0.338 e. The van der Waals surface area contributed by atoms with Gasteiger partial charge in [0.25, 0.3) is 0 Å². The van der Waals surface area contributed by atoms with Crippen LogP contribution in [0.5, 0.6) is 5.75 Å². The first-order chi connectivity index (χ1) is 11.6. The molecule has 0 aliphatic rings. The first kappa shape index (κ1) is 16.3. The molecule has 0 aliphatic heterocycles. The van der Waals surface area contributed by atoms with Gasteiger partial charge in [-0.05, 0) is 31.4 Å². The number of carbonyl (C=O) groups excluding carboxylic acids is 1. The predicted octanol–water partition coefficient (Wildman–Crippen LogP) is 4.84. The molecule has 0 fully saturated rings. The second kappa shape index (κ2) is 6.93. The lowest BCUT2D eigenvalue weighted by Crippen LogP contribution is -2.10. The molecule has 0 saturated heterocycles. The van der Waals surface area contributed by atoms with E-state index in [9.17, 15) is 4.79 Å². The van der Waals surface area contributed by atoms with Crippen LogP contribution in [0.4, 0.5) is 0 Å². The molecule has 0 spiro atoms. The van der Waals surface area contributed by atoms with Gasteiger partial charge in [0.2, 0.25) is 5.89 Å². The van der Waals surface area contributed by atoms with Crippen molar-refractivity contribution in [2.75, 3.05) is 6.26 Å². The Labute approximate surface area is 144 Å². The number of esters is 1. The van der Waals surface area contributed by atoms with E-state index in [2.05, 4.69) is 11.6 Å². The lowest BCUT2D eigenvalue weighted by atomic mass is 10.1. The van der Waals surface area contributed by atoms with Gasteiger partial charge in [-0.1, -0.05) is 30.8 Å². The second-order valence-corrected chi connectivity index (χ2v) is 6.25. The SMILES string of the molecule is C=C(C)C(=O)Oc1c(CSC)cccc1-c1nc2ccccc2o1. The molecule has 3 aromatic rings. The summed E-state index contributed by atoms with van der Waals surface area (Å²) in [7, 11) is 0. The van der Waals surface area contributed by atoms with E-state index in [1.165, 1.54) is 0 Å². The number of oxazole rings is 1. The van der Waals surface area contributed by atoms with Gasteiger partial charge in [0.05, 0.1) is 5.56 Å². The highest BCUT2D eigenvalue weighted by atomic mass is 32.2. The molecule has 24 heavy (non-hydrogen) atoms. The van der Waals surface area contributed by atoms with Gasteiger partial charge in [-0.2, -0.15) is 11.8 Å². The number of ether oxygens (including phenoxy) is 1. The van der Waals surface area contributed by atoms with E-state index < -0.39 is 5.97 Å². The number of aromatic nitrogens is 1. The van der Waals surface area contributed by atoms with E-state index in [4.69, 9.17) is 9.15 Å². The number of thioether (sulfide) groups is 1. The maximum atomic E-state index is 12.0. The molecule has 1 aromatic heterocycles. The van der Waals surface area contributed by atoms with Crippen LogP contribution in [-0.4, -0.2) is 17.2 Å². The average molecular weight is 339 g/mol. The third kappa shape index (κ3) is 3.21. The number of nitrogens with zero attached hydrogens (tertiary/aromatic N) is 1. The van der Waals surface area contributed by atoms with Crippen molar-refractivity contribution < 1.29 is 13.9 Å². The highest BCUT2D eigenvalue weighted by molar-refractivity contribution is 7.97. The molecule has 0 unspecified atom stereocenters. The predicted molar refractivity (Wildman–Crippen MR) is 97.1 cm³/mol. The number of carbonyl (C=O) groups is 1. The monoisotopic (exact) mass is 339 g/mol. The van der Waals surface area contributed by atoms with Gasteiger partial charge in [0.15, 0.2) is 5.58 Å². The molecule has 5 heteroatoms. The van der Waals surface area contributed by atoms with Crippen LogP contribution >= 0.6 is 11.8 Å². The van der Waals surface area contributed by atoms with Crippen molar-refractivity contribution in [2.45, 2.75) is 12.7 Å². The average Bonchev–Trinajstić information content (AvgIpc) is 3.00. The van der Waals surface area contributed by atoms with Crippen LogP contribution in [0.1, 0.15) is 12.5 Å². The molecule has 4 nitrogen and oxygen atoms in total. The lowest BCUT2D eigenvalue weighted by Gasteiger charge is -2.12. The topological polar surface area (TPSA) is 52.3 Å². The summed E-state index contributed by atoms with van der Waals surface area (Å²) < 4.78 is 11.4. The Bertz CT molecular complexity index is 881. The van der Waals surface area contributed by atoms with Gasteiger partial charge in [-0.15, -0.1) is 0 Å². The zero-order chi connectivity index (χ0) is 17.1. The van der Waals surface area contributed by atoms with E-state index in [0.717, 1.165) is 11.1 Å². The summed E-state index contributed by atoms with van der Waals surface area (Å²) in [6.07, 6.45) is 2.00. The van der Waals surface area contributed by atoms with E-state index in [-0.39, 0.29) is 0 Å². The van der Waals surface area contributed by atoms with Crippen molar-refractivity contribution in [2.24, 2.45) is 0 Å². The Hall–Kier alpha value is -2.53. The second-order valence-electron chi connectivity index (χ2n) is 5.38. The molecule has 1 heterocycles. The number of benzene rings is 2. The Kier molecular flexibility index (Phi) is 4.71. The summed E-state index contributed by atoms with van der Waals surface area (Å²) >= 11 is 1.65. The molecule has 0 aliphatic carbocycles. The number of para-hydroxylation sites is 3. The van der Waals surface area contributed by atoms with Crippen LogP contribution in [0.25, 0.3) is 22.6 Å². The number of fused-ring (bicyclic) bond motifs is 1. The van der Waals surface area contributed by atoms with Gasteiger partial charge in [0, 0.05) is 16.9 Å². The molecule has 0 atom stereocenters. The van der Waals surface area contributed by atoms with E-state index in [1.807, 2.05) is 48.7 Å². The molecule has 0 amide bonds. The van der Waals surface area contributed by atoms with E-state index in [0.29, 0.717) is 34.1 Å². The van der Waals surface area contributed by atoms with Gasteiger partial charge < -0.3 is 9.15 Å². The van der Waals surface area contributed by atoms with Crippen LogP contribution in [0.15, 0.2) is 59.0 Å². The minimum atomic E-state index is -0.457. The zero-order valence-corrected chi connectivity index (χ0v) is 14.4. The third-order valence-corrected chi connectivity index (χ3v) is 4.06. The molecule has 0 bridgehead atoms. The van der Waals surface area contributed by atoms with Crippen molar-refractivity contribution in [3.05, 3.63) is 60.2 Å². The van der Waals surface area contributed by atoms with Crippen molar-refractivity contribution in [3.8, 4) is 17.2 Å². The minimum absolute atomic E-state index is 0.345. The molecule has 3 rings (SSSR count). The zero-order valence-electron chi connectivity index (χ0n) is 13.5. The van der Waals surface area contributed by atoms with Gasteiger partial charge in [0.1, 0.15) is 11.3 Å². The summed E-state index contributed by atoms with van der Waals surface area (Å²) in [6.45, 7) is 5.27. The molecular formula is C19H17NO3S. The summed E-state index contributed by atoms with van der Waals surface area (Å²) in [4.78, 5) is 16.6. The fourth-order valence-electron chi connectivity index (χ4n) is 2.31. The van der Waals surface area contributed by atoms with Crippen molar-refractivity contribution in [1.82, 2.24) is 4.98 Å². The lowest BCUT2D eigenvalue weighted by molar-refractivity contribution is -0.130. The Morgan fingerprint density at radius 2 is 2.04 bits per heavy atom. The molecule has 0 N–H and O–H groups in total. The minimum Gasteiger partial charge on any atom is -0.436 e. The van der Waals surface area contributed by atoms with Crippen LogP contribution in [-0.2, 0) is 10.5 Å². The fourth-order valence-corrected chi connectivity index (χ4v) is 2.85. The largest absolute Gasteiger partial charge is 0.436 e. The van der Waals surface area contributed by atoms with Crippen LogP contribution < -0.4 is 4.74 Å². The van der Waals surface area contributed by atoms with Crippen LogP contribution in [0.2, 0.25) is 0 Å². The van der Waals surface area contributed by atoms with Crippen LogP contribution in [0, 0.1) is 0 Å². The summed E-state index contributed by atoms with van der Waals surface area (Å²) in [6, 6.07) is 13.2. The number of rotatable bonds is 5. The third-order valence-electron chi connectivity index (χ3n) is 3.46. The van der Waals surface area contributed by atoms with Gasteiger partial charge >= 0.3 is 5.97 Å². The quantitative estimate of drug-likeness (QED) is 0.378. The molecule has 0 radical (unpaired) electrons. The fraction of sp³-hybridized carbons (Fsp3) is 0.158. The Morgan fingerprint density at radius 3 is 2.75 bits per heavy atom. The standard InChI is InChI=1S/C19H17NO3S/c1-12(2)19(21)23-17-13(11-24-3)7-6-8-14(17)18-20-15-9-4-5-10-16(15)22-18/h4-10H,1,11H2,2-3H3. The van der Waals surface area contributed by atoms with Gasteiger partial charge in [-0.3, -0.25) is 0 Å².